The Morgan fingerprint density at radius 3 is 2.29 bits per heavy atom. The normalized spacial score (nSPS) is 19.1. The van der Waals surface area contributed by atoms with Crippen LogP contribution in [0.1, 0.15) is 25.4 Å². The first kappa shape index (κ1) is 12.4. The van der Waals surface area contributed by atoms with E-state index in [1.165, 1.54) is 0 Å². The maximum absolute atomic E-state index is 10.9. The lowest BCUT2D eigenvalue weighted by Gasteiger charge is -2.36. The standard InChI is InChI=1S/C12H20N2O3/c1-9(2)14-6-4-13(5-7-14)8-11-10(3)16-12(15)17-11/h9H,4-8H2,1-3H3. The van der Waals surface area contributed by atoms with Crippen LogP contribution in [0.25, 0.3) is 0 Å². The zero-order valence-corrected chi connectivity index (χ0v) is 10.7. The molecule has 5 nitrogen and oxygen atoms in total. The molecule has 1 aromatic rings. The fourth-order valence-corrected chi connectivity index (χ4v) is 2.16. The summed E-state index contributed by atoms with van der Waals surface area (Å²) in [7, 11) is 0. The van der Waals surface area contributed by atoms with E-state index in [1.807, 2.05) is 0 Å². The van der Waals surface area contributed by atoms with E-state index in [9.17, 15) is 4.79 Å². The molecule has 1 fully saturated rings. The van der Waals surface area contributed by atoms with Crippen molar-refractivity contribution in [3.63, 3.8) is 0 Å². The molecule has 0 aromatic carbocycles. The van der Waals surface area contributed by atoms with E-state index >= 15 is 0 Å². The van der Waals surface area contributed by atoms with Gasteiger partial charge in [-0.2, -0.15) is 0 Å². The summed E-state index contributed by atoms with van der Waals surface area (Å²) in [6.45, 7) is 11.0. The van der Waals surface area contributed by atoms with Crippen molar-refractivity contribution in [3.8, 4) is 0 Å². The molecule has 1 aliphatic rings. The molecular formula is C12H20N2O3. The van der Waals surface area contributed by atoms with E-state index in [-0.39, 0.29) is 0 Å². The van der Waals surface area contributed by atoms with E-state index in [4.69, 9.17) is 8.83 Å². The van der Waals surface area contributed by atoms with Crippen LogP contribution in [0, 0.1) is 6.92 Å². The second-order valence-corrected chi connectivity index (χ2v) is 4.84. The number of nitrogens with zero attached hydrogens (tertiary/aromatic N) is 2. The van der Waals surface area contributed by atoms with Crippen LogP contribution in [0.5, 0.6) is 0 Å². The van der Waals surface area contributed by atoms with Crippen molar-refractivity contribution >= 4 is 0 Å². The molecule has 96 valence electrons. The summed E-state index contributed by atoms with van der Waals surface area (Å²) in [5.74, 6) is 0.660. The van der Waals surface area contributed by atoms with E-state index < -0.39 is 5.82 Å². The zero-order chi connectivity index (χ0) is 12.4. The average molecular weight is 240 g/mol. The average Bonchev–Trinajstić information content (AvgIpc) is 2.58. The number of aryl methyl sites for hydroxylation is 1. The van der Waals surface area contributed by atoms with Crippen LogP contribution >= 0.6 is 0 Å². The minimum absolute atomic E-state index is 0.598. The van der Waals surface area contributed by atoms with Crippen molar-refractivity contribution in [1.29, 1.82) is 0 Å². The lowest BCUT2D eigenvalue weighted by molar-refractivity contribution is 0.0985. The van der Waals surface area contributed by atoms with E-state index in [1.54, 1.807) is 6.92 Å². The second kappa shape index (κ2) is 5.06. The predicted octanol–water partition coefficient (Wildman–Crippen LogP) is 1.07. The lowest BCUT2D eigenvalue weighted by Crippen LogP contribution is -2.48. The highest BCUT2D eigenvalue weighted by molar-refractivity contribution is 5.00. The van der Waals surface area contributed by atoms with Gasteiger partial charge < -0.3 is 8.83 Å². The fourth-order valence-electron chi connectivity index (χ4n) is 2.16. The molecule has 0 radical (unpaired) electrons. The summed E-state index contributed by atoms with van der Waals surface area (Å²) < 4.78 is 9.87. The molecule has 17 heavy (non-hydrogen) atoms. The van der Waals surface area contributed by atoms with Gasteiger partial charge in [-0.1, -0.05) is 0 Å². The van der Waals surface area contributed by atoms with Crippen LogP contribution in [0.4, 0.5) is 0 Å². The number of piperazine rings is 1. The minimum Gasteiger partial charge on any atom is -0.396 e. The molecule has 0 amide bonds. The van der Waals surface area contributed by atoms with Gasteiger partial charge in [-0.05, 0) is 20.8 Å². The van der Waals surface area contributed by atoms with Crippen molar-refractivity contribution in [3.05, 3.63) is 22.1 Å². The van der Waals surface area contributed by atoms with Gasteiger partial charge in [-0.15, -0.1) is 0 Å². The highest BCUT2D eigenvalue weighted by Crippen LogP contribution is 2.12. The Labute approximate surface area is 101 Å². The van der Waals surface area contributed by atoms with E-state index in [2.05, 4.69) is 23.6 Å². The summed E-state index contributed by atoms with van der Waals surface area (Å²) in [5.41, 5.74) is 0. The molecule has 2 rings (SSSR count). The summed E-state index contributed by atoms with van der Waals surface area (Å²) in [6.07, 6.45) is 0. The first-order valence-corrected chi connectivity index (χ1v) is 6.12. The predicted molar refractivity (Wildman–Crippen MR) is 64.0 cm³/mol. The SMILES string of the molecule is Cc1oc(=O)oc1CN1CCN(C(C)C)CC1. The summed E-state index contributed by atoms with van der Waals surface area (Å²) in [6, 6.07) is 0.603. The number of rotatable bonds is 3. The molecule has 2 heterocycles. The van der Waals surface area contributed by atoms with Gasteiger partial charge in [0.25, 0.3) is 0 Å². The molecule has 0 N–H and O–H groups in total. The van der Waals surface area contributed by atoms with Gasteiger partial charge in [0.05, 0.1) is 6.54 Å². The van der Waals surface area contributed by atoms with Gasteiger partial charge in [0.15, 0.2) is 5.76 Å². The molecule has 0 bridgehead atoms. The van der Waals surface area contributed by atoms with Crippen LogP contribution < -0.4 is 5.82 Å². The largest absolute Gasteiger partial charge is 0.519 e. The maximum atomic E-state index is 10.9. The Morgan fingerprint density at radius 1 is 1.18 bits per heavy atom. The molecule has 1 saturated heterocycles. The molecule has 0 unspecified atom stereocenters. The highest BCUT2D eigenvalue weighted by atomic mass is 16.6. The highest BCUT2D eigenvalue weighted by Gasteiger charge is 2.20. The van der Waals surface area contributed by atoms with Crippen LogP contribution in [0.2, 0.25) is 0 Å². The van der Waals surface area contributed by atoms with Gasteiger partial charge in [0.1, 0.15) is 5.76 Å². The van der Waals surface area contributed by atoms with Gasteiger partial charge in [-0.3, -0.25) is 9.80 Å². The number of hydrogen-bond donors (Lipinski definition) is 0. The second-order valence-electron chi connectivity index (χ2n) is 4.84. The molecule has 0 spiro atoms. The van der Waals surface area contributed by atoms with Gasteiger partial charge in [-0.25, -0.2) is 4.79 Å². The van der Waals surface area contributed by atoms with Crippen LogP contribution in [0.15, 0.2) is 13.6 Å². The maximum Gasteiger partial charge on any atom is 0.519 e. The van der Waals surface area contributed by atoms with Crippen molar-refractivity contribution < 1.29 is 8.83 Å². The van der Waals surface area contributed by atoms with E-state index in [0.29, 0.717) is 24.1 Å². The Balaban J connectivity index is 1.90. The molecule has 5 heteroatoms. The zero-order valence-electron chi connectivity index (χ0n) is 10.7. The smallest absolute Gasteiger partial charge is 0.396 e. The summed E-state index contributed by atoms with van der Waals surface area (Å²) in [4.78, 5) is 15.7. The minimum atomic E-state index is -0.599. The van der Waals surface area contributed by atoms with Crippen LogP contribution in [0.3, 0.4) is 0 Å². The Bertz CT molecular complexity index is 414. The molecule has 0 atom stereocenters. The molecular weight excluding hydrogens is 220 g/mol. The third kappa shape index (κ3) is 2.98. The van der Waals surface area contributed by atoms with Crippen LogP contribution in [-0.2, 0) is 6.54 Å². The molecule has 1 aliphatic heterocycles. The van der Waals surface area contributed by atoms with Gasteiger partial charge >= 0.3 is 5.82 Å². The van der Waals surface area contributed by atoms with E-state index in [0.717, 1.165) is 26.2 Å². The van der Waals surface area contributed by atoms with Crippen molar-refractivity contribution in [2.24, 2.45) is 0 Å². The van der Waals surface area contributed by atoms with Crippen LogP contribution in [-0.4, -0.2) is 42.0 Å². The van der Waals surface area contributed by atoms with Crippen molar-refractivity contribution in [2.45, 2.75) is 33.4 Å². The molecule has 0 saturated carbocycles. The Morgan fingerprint density at radius 2 is 1.82 bits per heavy atom. The monoisotopic (exact) mass is 240 g/mol. The molecule has 0 aliphatic carbocycles. The van der Waals surface area contributed by atoms with Gasteiger partial charge in [0.2, 0.25) is 0 Å². The quantitative estimate of drug-likeness (QED) is 0.791. The summed E-state index contributed by atoms with van der Waals surface area (Å²) in [5, 5.41) is 0. The Kier molecular flexibility index (Phi) is 3.69. The van der Waals surface area contributed by atoms with Gasteiger partial charge in [0, 0.05) is 32.2 Å². The van der Waals surface area contributed by atoms with Crippen molar-refractivity contribution in [1.82, 2.24) is 9.80 Å². The third-order valence-electron chi connectivity index (χ3n) is 3.34. The fraction of sp³-hybridized carbons (Fsp3) is 0.750. The lowest BCUT2D eigenvalue weighted by atomic mass is 10.2. The Hall–Kier alpha value is -1.07. The first-order valence-electron chi connectivity index (χ1n) is 6.12. The number of hydrogen-bond acceptors (Lipinski definition) is 5. The first-order chi connectivity index (χ1) is 8.06. The third-order valence-corrected chi connectivity index (χ3v) is 3.34. The topological polar surface area (TPSA) is 49.8 Å². The molecule has 1 aromatic heterocycles. The summed E-state index contributed by atoms with van der Waals surface area (Å²) >= 11 is 0. The van der Waals surface area contributed by atoms with Crippen molar-refractivity contribution in [2.75, 3.05) is 26.2 Å².